The van der Waals surface area contributed by atoms with Crippen molar-refractivity contribution >= 4 is 29.0 Å². The van der Waals surface area contributed by atoms with Gasteiger partial charge in [0.15, 0.2) is 0 Å². The average molecular weight is 345 g/mol. The Morgan fingerprint density at radius 3 is 2.96 bits per heavy atom. The van der Waals surface area contributed by atoms with Crippen LogP contribution in [0.5, 0.6) is 0 Å². The van der Waals surface area contributed by atoms with E-state index in [-0.39, 0.29) is 6.03 Å². The van der Waals surface area contributed by atoms with E-state index in [1.165, 1.54) is 23.9 Å². The molecule has 0 fully saturated rings. The van der Waals surface area contributed by atoms with E-state index in [4.69, 9.17) is 11.6 Å². The van der Waals surface area contributed by atoms with Crippen LogP contribution in [0.1, 0.15) is 18.4 Å². The van der Waals surface area contributed by atoms with Crippen molar-refractivity contribution in [3.05, 3.63) is 53.3 Å². The number of fused-ring (bicyclic) bond motifs is 1. The predicted molar refractivity (Wildman–Crippen MR) is 97.9 cm³/mol. The maximum Gasteiger partial charge on any atom is 0.319 e. The molecule has 0 aliphatic carbocycles. The van der Waals surface area contributed by atoms with Gasteiger partial charge in [0.25, 0.3) is 0 Å². The van der Waals surface area contributed by atoms with Crippen LogP contribution in [0.2, 0.25) is 5.15 Å². The molecule has 24 heavy (non-hydrogen) atoms. The fraction of sp³-hybridized carbons (Fsp3) is 0.333. The molecule has 0 saturated carbocycles. The highest BCUT2D eigenvalue weighted by Crippen LogP contribution is 2.26. The lowest BCUT2D eigenvalue weighted by Crippen LogP contribution is -2.34. The lowest BCUT2D eigenvalue weighted by atomic mass is 10.0. The summed E-state index contributed by atoms with van der Waals surface area (Å²) in [5.74, 6) is 0. The summed E-state index contributed by atoms with van der Waals surface area (Å²) in [7, 11) is 0. The molecule has 2 N–H and O–H groups in total. The fourth-order valence-electron chi connectivity index (χ4n) is 2.94. The second-order valence-electron chi connectivity index (χ2n) is 5.82. The monoisotopic (exact) mass is 344 g/mol. The molecule has 6 heteroatoms. The number of carbonyl (C=O) groups excluding carboxylic acids is 1. The van der Waals surface area contributed by atoms with Crippen LogP contribution in [0.25, 0.3) is 0 Å². The van der Waals surface area contributed by atoms with Crippen LogP contribution in [0.4, 0.5) is 16.2 Å². The smallest absolute Gasteiger partial charge is 0.319 e. The molecule has 5 nitrogen and oxygen atoms in total. The number of urea groups is 1. The highest BCUT2D eigenvalue weighted by Gasteiger charge is 2.15. The highest BCUT2D eigenvalue weighted by molar-refractivity contribution is 6.29. The first-order chi connectivity index (χ1) is 11.7. The van der Waals surface area contributed by atoms with E-state index in [2.05, 4.69) is 44.8 Å². The Bertz CT molecular complexity index is 690. The number of rotatable bonds is 5. The lowest BCUT2D eigenvalue weighted by molar-refractivity contribution is 0.252. The van der Waals surface area contributed by atoms with Gasteiger partial charge in [-0.25, -0.2) is 9.78 Å². The van der Waals surface area contributed by atoms with Gasteiger partial charge in [-0.3, -0.25) is 0 Å². The normalized spacial score (nSPS) is 13.3. The zero-order chi connectivity index (χ0) is 16.8. The van der Waals surface area contributed by atoms with E-state index in [0.717, 1.165) is 25.9 Å². The van der Waals surface area contributed by atoms with Crippen LogP contribution >= 0.6 is 11.6 Å². The van der Waals surface area contributed by atoms with Crippen LogP contribution < -0.4 is 15.5 Å². The zero-order valence-corrected chi connectivity index (χ0v) is 14.2. The summed E-state index contributed by atoms with van der Waals surface area (Å²) < 4.78 is 0. The van der Waals surface area contributed by atoms with Crippen molar-refractivity contribution in [1.29, 1.82) is 0 Å². The van der Waals surface area contributed by atoms with Gasteiger partial charge in [-0.05, 0) is 43.0 Å². The largest absolute Gasteiger partial charge is 0.371 e. The molecule has 2 heterocycles. The average Bonchev–Trinajstić information content (AvgIpc) is 2.61. The number of carbonyl (C=O) groups is 1. The molecule has 126 valence electrons. The van der Waals surface area contributed by atoms with Crippen LogP contribution in [-0.2, 0) is 6.42 Å². The summed E-state index contributed by atoms with van der Waals surface area (Å²) in [6, 6.07) is 11.7. The van der Waals surface area contributed by atoms with Crippen LogP contribution in [-0.4, -0.2) is 30.6 Å². The summed E-state index contributed by atoms with van der Waals surface area (Å²) in [5, 5.41) is 6.02. The van der Waals surface area contributed by atoms with Crippen molar-refractivity contribution in [2.75, 3.05) is 29.9 Å². The Labute approximate surface area is 147 Å². The number of anilines is 2. The third-order valence-corrected chi connectivity index (χ3v) is 4.31. The van der Waals surface area contributed by atoms with Crippen molar-refractivity contribution in [2.24, 2.45) is 0 Å². The quantitative estimate of drug-likeness (QED) is 0.642. The van der Waals surface area contributed by atoms with Gasteiger partial charge in [-0.2, -0.15) is 0 Å². The number of pyridine rings is 1. The van der Waals surface area contributed by atoms with Gasteiger partial charge in [0.05, 0.1) is 11.9 Å². The predicted octanol–water partition coefficient (Wildman–Crippen LogP) is 3.70. The number of halogens is 1. The van der Waals surface area contributed by atoms with Gasteiger partial charge < -0.3 is 15.5 Å². The minimum atomic E-state index is -0.224. The minimum Gasteiger partial charge on any atom is -0.371 e. The molecule has 0 saturated heterocycles. The number of hydrogen-bond acceptors (Lipinski definition) is 3. The minimum absolute atomic E-state index is 0.224. The summed E-state index contributed by atoms with van der Waals surface area (Å²) >= 11 is 5.72. The molecule has 0 unspecified atom stereocenters. The third-order valence-electron chi connectivity index (χ3n) is 4.08. The van der Waals surface area contributed by atoms with Crippen LogP contribution in [0.15, 0.2) is 42.6 Å². The molecular weight excluding hydrogens is 324 g/mol. The third kappa shape index (κ3) is 4.38. The Kier molecular flexibility index (Phi) is 5.54. The maximum absolute atomic E-state index is 11.9. The molecule has 0 bridgehead atoms. The van der Waals surface area contributed by atoms with Crippen LogP contribution in [0.3, 0.4) is 0 Å². The standard InChI is InChI=1S/C18H21ClN4O/c19-17-9-8-15(13-21-17)22-18(24)20-10-4-12-23-11-3-6-14-5-1-2-7-16(14)23/h1-2,5,7-9,13H,3-4,6,10-12H2,(H2,20,22,24). The van der Waals surface area contributed by atoms with Gasteiger partial charge in [-0.15, -0.1) is 0 Å². The topological polar surface area (TPSA) is 57.3 Å². The number of aromatic nitrogens is 1. The highest BCUT2D eigenvalue weighted by atomic mass is 35.5. The van der Waals surface area contributed by atoms with Crippen LogP contribution in [0, 0.1) is 0 Å². The zero-order valence-electron chi connectivity index (χ0n) is 13.5. The second-order valence-corrected chi connectivity index (χ2v) is 6.21. The Morgan fingerprint density at radius 2 is 2.12 bits per heavy atom. The van der Waals surface area contributed by atoms with E-state index in [1.807, 2.05) is 0 Å². The fourth-order valence-corrected chi connectivity index (χ4v) is 3.05. The van der Waals surface area contributed by atoms with Crippen molar-refractivity contribution < 1.29 is 4.79 Å². The Morgan fingerprint density at radius 1 is 1.25 bits per heavy atom. The molecular formula is C18H21ClN4O. The summed E-state index contributed by atoms with van der Waals surface area (Å²) in [6.45, 7) is 2.66. The number of benzene rings is 1. The molecule has 1 aromatic heterocycles. The van der Waals surface area contributed by atoms with Crippen molar-refractivity contribution in [2.45, 2.75) is 19.3 Å². The first-order valence-corrected chi connectivity index (χ1v) is 8.59. The van der Waals surface area contributed by atoms with Gasteiger partial charge in [0, 0.05) is 25.3 Å². The first kappa shape index (κ1) is 16.6. The molecule has 1 aliphatic heterocycles. The summed E-state index contributed by atoms with van der Waals surface area (Å²) in [4.78, 5) is 18.2. The molecule has 2 amide bonds. The molecule has 0 spiro atoms. The lowest BCUT2D eigenvalue weighted by Gasteiger charge is -2.31. The van der Waals surface area contributed by atoms with Gasteiger partial charge in [0.2, 0.25) is 0 Å². The van der Waals surface area contributed by atoms with Gasteiger partial charge in [-0.1, -0.05) is 29.8 Å². The van der Waals surface area contributed by atoms with Gasteiger partial charge >= 0.3 is 6.03 Å². The van der Waals surface area contributed by atoms with Crippen molar-refractivity contribution in [3.63, 3.8) is 0 Å². The summed E-state index contributed by atoms with van der Waals surface area (Å²) in [6.07, 6.45) is 4.78. The Hall–Kier alpha value is -2.27. The van der Waals surface area contributed by atoms with E-state index in [9.17, 15) is 4.79 Å². The number of hydrogen-bond donors (Lipinski definition) is 2. The molecule has 0 atom stereocenters. The van der Waals surface area contributed by atoms with Gasteiger partial charge in [0.1, 0.15) is 5.15 Å². The van der Waals surface area contributed by atoms with E-state index < -0.39 is 0 Å². The number of aryl methyl sites for hydroxylation is 1. The number of nitrogens with zero attached hydrogens (tertiary/aromatic N) is 2. The molecule has 2 aromatic rings. The van der Waals surface area contributed by atoms with Crippen molar-refractivity contribution in [3.8, 4) is 0 Å². The molecule has 1 aliphatic rings. The molecule has 3 rings (SSSR count). The number of amides is 2. The van der Waals surface area contributed by atoms with E-state index in [0.29, 0.717) is 17.4 Å². The number of para-hydroxylation sites is 1. The van der Waals surface area contributed by atoms with E-state index >= 15 is 0 Å². The number of nitrogens with one attached hydrogen (secondary N) is 2. The SMILES string of the molecule is O=C(NCCCN1CCCc2ccccc21)Nc1ccc(Cl)nc1. The molecule has 1 aromatic carbocycles. The Balaban J connectivity index is 1.41. The molecule has 0 radical (unpaired) electrons. The maximum atomic E-state index is 11.9. The van der Waals surface area contributed by atoms with Crippen molar-refractivity contribution in [1.82, 2.24) is 10.3 Å². The van der Waals surface area contributed by atoms with E-state index in [1.54, 1.807) is 12.1 Å². The first-order valence-electron chi connectivity index (χ1n) is 8.21. The summed E-state index contributed by atoms with van der Waals surface area (Å²) in [5.41, 5.74) is 3.38. The second kappa shape index (κ2) is 8.02.